The van der Waals surface area contributed by atoms with E-state index in [4.69, 9.17) is 10.2 Å². The zero-order valence-corrected chi connectivity index (χ0v) is 14.9. The molecule has 0 spiro atoms. The summed E-state index contributed by atoms with van der Waals surface area (Å²) in [5.41, 5.74) is 4.76. The first-order valence-electron chi connectivity index (χ1n) is 8.29. The lowest BCUT2D eigenvalue weighted by atomic mass is 9.84. The van der Waals surface area contributed by atoms with E-state index < -0.39 is 11.9 Å². The van der Waals surface area contributed by atoms with Gasteiger partial charge in [-0.1, -0.05) is 63.2 Å². The number of carboxylic acids is 2. The number of hydrogen-bond donors (Lipinski definition) is 2. The Labute approximate surface area is 148 Å². The minimum absolute atomic E-state index is 0.00312. The maximum Gasteiger partial charge on any atom is 0.307 e. The van der Waals surface area contributed by atoms with Crippen LogP contribution in [-0.2, 0) is 34.3 Å². The summed E-state index contributed by atoms with van der Waals surface area (Å²) < 4.78 is 0. The van der Waals surface area contributed by atoms with E-state index in [2.05, 4.69) is 26.8 Å². The summed E-state index contributed by atoms with van der Waals surface area (Å²) in [5, 5.41) is 18.0. The van der Waals surface area contributed by atoms with E-state index in [0.717, 1.165) is 22.3 Å². The van der Waals surface area contributed by atoms with Crippen molar-refractivity contribution >= 4 is 11.9 Å². The molecule has 2 rings (SSSR count). The van der Waals surface area contributed by atoms with Crippen LogP contribution in [0.3, 0.4) is 0 Å². The number of carbonyl (C=O) groups is 2. The number of aliphatic carboxylic acids is 2. The van der Waals surface area contributed by atoms with Gasteiger partial charge in [0.15, 0.2) is 0 Å². The van der Waals surface area contributed by atoms with Crippen LogP contribution in [-0.4, -0.2) is 22.2 Å². The molecule has 0 atom stereocenters. The van der Waals surface area contributed by atoms with Gasteiger partial charge in [-0.3, -0.25) is 9.59 Å². The molecule has 0 bridgehead atoms. The van der Waals surface area contributed by atoms with Crippen molar-refractivity contribution in [3.8, 4) is 0 Å². The average molecular weight is 340 g/mol. The monoisotopic (exact) mass is 340 g/mol. The van der Waals surface area contributed by atoms with E-state index in [0.29, 0.717) is 6.42 Å². The summed E-state index contributed by atoms with van der Waals surface area (Å²) in [5.74, 6) is -1.70. The van der Waals surface area contributed by atoms with E-state index in [9.17, 15) is 9.59 Å². The van der Waals surface area contributed by atoms with Crippen molar-refractivity contribution < 1.29 is 19.8 Å². The van der Waals surface area contributed by atoms with Crippen LogP contribution in [0, 0.1) is 0 Å². The van der Waals surface area contributed by atoms with Gasteiger partial charge in [-0.25, -0.2) is 0 Å². The van der Waals surface area contributed by atoms with Gasteiger partial charge in [0.2, 0.25) is 0 Å². The number of hydrogen-bond acceptors (Lipinski definition) is 2. The summed E-state index contributed by atoms with van der Waals surface area (Å²) in [6, 6.07) is 13.4. The highest BCUT2D eigenvalue weighted by Crippen LogP contribution is 2.26. The molecule has 0 aliphatic rings. The Balaban J connectivity index is 2.31. The molecule has 0 aliphatic heterocycles. The van der Waals surface area contributed by atoms with Gasteiger partial charge in [-0.05, 0) is 39.7 Å². The summed E-state index contributed by atoms with van der Waals surface area (Å²) in [6.45, 7) is 6.39. The highest BCUT2D eigenvalue weighted by Gasteiger charge is 2.16. The molecular formula is C21H24O4. The van der Waals surface area contributed by atoms with Crippen LogP contribution in [0.2, 0.25) is 0 Å². The molecule has 4 nitrogen and oxygen atoms in total. The lowest BCUT2D eigenvalue weighted by molar-refractivity contribution is -0.137. The molecule has 132 valence electrons. The quantitative estimate of drug-likeness (QED) is 0.838. The SMILES string of the molecule is CC(C)(C)c1ccc(CC(=O)O)c(Cc2ccc(CC(=O)O)cc2)c1. The minimum Gasteiger partial charge on any atom is -0.481 e. The molecule has 0 saturated carbocycles. The van der Waals surface area contributed by atoms with Crippen molar-refractivity contribution in [2.24, 2.45) is 0 Å². The van der Waals surface area contributed by atoms with Crippen LogP contribution < -0.4 is 0 Å². The summed E-state index contributed by atoms with van der Waals surface area (Å²) in [7, 11) is 0. The van der Waals surface area contributed by atoms with Crippen LogP contribution in [0.5, 0.6) is 0 Å². The smallest absolute Gasteiger partial charge is 0.307 e. The molecule has 0 aliphatic carbocycles. The second kappa shape index (κ2) is 7.51. The fourth-order valence-electron chi connectivity index (χ4n) is 2.76. The maximum absolute atomic E-state index is 11.1. The molecular weight excluding hydrogens is 316 g/mol. The van der Waals surface area contributed by atoms with Gasteiger partial charge in [-0.2, -0.15) is 0 Å². The minimum atomic E-state index is -0.852. The second-order valence-electron chi connectivity index (χ2n) is 7.37. The van der Waals surface area contributed by atoms with Crippen molar-refractivity contribution in [3.05, 3.63) is 70.3 Å². The lowest BCUT2D eigenvalue weighted by Gasteiger charge is -2.21. The predicted molar refractivity (Wildman–Crippen MR) is 97.1 cm³/mol. The molecule has 0 unspecified atom stereocenters. The Kier molecular flexibility index (Phi) is 5.62. The first-order valence-corrected chi connectivity index (χ1v) is 8.29. The van der Waals surface area contributed by atoms with E-state index in [-0.39, 0.29) is 18.3 Å². The van der Waals surface area contributed by atoms with Crippen LogP contribution in [0.25, 0.3) is 0 Å². The third-order valence-electron chi connectivity index (χ3n) is 4.19. The molecule has 25 heavy (non-hydrogen) atoms. The average Bonchev–Trinajstić information content (AvgIpc) is 2.49. The molecule has 2 N–H and O–H groups in total. The molecule has 2 aromatic carbocycles. The topological polar surface area (TPSA) is 74.6 Å². The Morgan fingerprint density at radius 3 is 1.88 bits per heavy atom. The van der Waals surface area contributed by atoms with Gasteiger partial charge in [0.05, 0.1) is 12.8 Å². The van der Waals surface area contributed by atoms with Crippen LogP contribution >= 0.6 is 0 Å². The van der Waals surface area contributed by atoms with Gasteiger partial charge in [0, 0.05) is 0 Å². The molecule has 0 heterocycles. The largest absolute Gasteiger partial charge is 0.481 e. The molecule has 0 amide bonds. The molecule has 0 fully saturated rings. The normalized spacial score (nSPS) is 11.3. The maximum atomic E-state index is 11.1. The summed E-state index contributed by atoms with van der Waals surface area (Å²) in [4.78, 5) is 21.9. The Morgan fingerprint density at radius 2 is 1.36 bits per heavy atom. The van der Waals surface area contributed by atoms with Gasteiger partial charge in [0.1, 0.15) is 0 Å². The van der Waals surface area contributed by atoms with Gasteiger partial charge in [0.25, 0.3) is 0 Å². The van der Waals surface area contributed by atoms with Crippen LogP contribution in [0.1, 0.15) is 48.6 Å². The first-order chi connectivity index (χ1) is 11.6. The van der Waals surface area contributed by atoms with E-state index >= 15 is 0 Å². The Morgan fingerprint density at radius 1 is 0.800 bits per heavy atom. The Hall–Kier alpha value is -2.62. The molecule has 0 radical (unpaired) electrons. The van der Waals surface area contributed by atoms with E-state index in [1.165, 1.54) is 5.56 Å². The molecule has 2 aromatic rings. The standard InChI is InChI=1S/C21H24O4/c1-21(2,3)18-9-8-16(13-20(24)25)17(12-18)10-14-4-6-15(7-5-14)11-19(22)23/h4-9,12H,10-11,13H2,1-3H3,(H,22,23)(H,24,25). The lowest BCUT2D eigenvalue weighted by Crippen LogP contribution is -2.13. The Bertz CT molecular complexity index is 767. The number of rotatable bonds is 6. The fraction of sp³-hybridized carbons (Fsp3) is 0.333. The van der Waals surface area contributed by atoms with Crippen molar-refractivity contribution in [2.75, 3.05) is 0 Å². The van der Waals surface area contributed by atoms with Crippen molar-refractivity contribution in [1.82, 2.24) is 0 Å². The second-order valence-corrected chi connectivity index (χ2v) is 7.37. The third kappa shape index (κ3) is 5.45. The third-order valence-corrected chi connectivity index (χ3v) is 4.19. The van der Waals surface area contributed by atoms with Crippen molar-refractivity contribution in [1.29, 1.82) is 0 Å². The first kappa shape index (κ1) is 18.7. The number of benzene rings is 2. The molecule has 0 saturated heterocycles. The van der Waals surface area contributed by atoms with Crippen LogP contribution in [0.4, 0.5) is 0 Å². The zero-order valence-electron chi connectivity index (χ0n) is 14.9. The van der Waals surface area contributed by atoms with Crippen molar-refractivity contribution in [3.63, 3.8) is 0 Å². The van der Waals surface area contributed by atoms with Gasteiger partial charge < -0.3 is 10.2 Å². The predicted octanol–water partition coefficient (Wildman–Crippen LogP) is 3.83. The highest BCUT2D eigenvalue weighted by atomic mass is 16.4. The zero-order chi connectivity index (χ0) is 18.6. The van der Waals surface area contributed by atoms with E-state index in [1.807, 2.05) is 36.4 Å². The molecule has 4 heteroatoms. The van der Waals surface area contributed by atoms with Crippen LogP contribution in [0.15, 0.2) is 42.5 Å². The van der Waals surface area contributed by atoms with Crippen molar-refractivity contribution in [2.45, 2.75) is 45.4 Å². The summed E-state index contributed by atoms with van der Waals surface area (Å²) >= 11 is 0. The van der Waals surface area contributed by atoms with E-state index in [1.54, 1.807) is 0 Å². The summed E-state index contributed by atoms with van der Waals surface area (Å²) in [6.07, 6.45) is 0.626. The van der Waals surface area contributed by atoms with Gasteiger partial charge in [-0.15, -0.1) is 0 Å². The highest BCUT2D eigenvalue weighted by molar-refractivity contribution is 5.71. The molecule has 0 aromatic heterocycles. The van der Waals surface area contributed by atoms with Gasteiger partial charge >= 0.3 is 11.9 Å². The number of carboxylic acid groups (broad SMARTS) is 2. The fourth-order valence-corrected chi connectivity index (χ4v) is 2.76.